The van der Waals surface area contributed by atoms with E-state index in [1.807, 2.05) is 18.2 Å². The van der Waals surface area contributed by atoms with Crippen LogP contribution in [0.4, 0.5) is 18.9 Å². The number of alkyl halides is 3. The summed E-state index contributed by atoms with van der Waals surface area (Å²) in [6.45, 7) is 4.16. The molecule has 2 saturated heterocycles. The molecule has 29 heavy (non-hydrogen) atoms. The summed E-state index contributed by atoms with van der Waals surface area (Å²) < 4.78 is 43.1. The van der Waals surface area contributed by atoms with Crippen molar-refractivity contribution >= 4 is 11.6 Å². The molecule has 0 amide bonds. The van der Waals surface area contributed by atoms with Gasteiger partial charge in [0, 0.05) is 46.3 Å². The van der Waals surface area contributed by atoms with Crippen LogP contribution < -0.4 is 15.0 Å². The van der Waals surface area contributed by atoms with Gasteiger partial charge in [-0.15, -0.1) is 0 Å². The van der Waals surface area contributed by atoms with Crippen LogP contribution >= 0.6 is 0 Å². The van der Waals surface area contributed by atoms with E-state index in [9.17, 15) is 13.2 Å². The molecular weight excluding hydrogens is 383 g/mol. The number of nitrogens with zero attached hydrogens (tertiary/aromatic N) is 4. The molecule has 0 saturated carbocycles. The summed E-state index contributed by atoms with van der Waals surface area (Å²) in [5.74, 6) is 1.90. The van der Waals surface area contributed by atoms with Crippen molar-refractivity contribution in [2.45, 2.75) is 12.6 Å². The molecule has 6 nitrogen and oxygen atoms in total. The number of halogens is 3. The third kappa shape index (κ3) is 5.91. The summed E-state index contributed by atoms with van der Waals surface area (Å²) in [6.07, 6.45) is -3.35. The SMILES string of the molecule is CN=C(NCC1CCN(CC(F)(F)F)C1)N1CCN(c2ccccc2OC)CC1. The number of para-hydroxylation sites is 2. The van der Waals surface area contributed by atoms with E-state index in [2.05, 4.69) is 26.2 Å². The summed E-state index contributed by atoms with van der Waals surface area (Å²) in [6, 6.07) is 8.00. The van der Waals surface area contributed by atoms with E-state index in [0.29, 0.717) is 19.6 Å². The van der Waals surface area contributed by atoms with Crippen LogP contribution in [0, 0.1) is 5.92 Å². The number of likely N-dealkylation sites (tertiary alicyclic amines) is 1. The van der Waals surface area contributed by atoms with E-state index in [1.54, 1.807) is 14.2 Å². The van der Waals surface area contributed by atoms with Crippen LogP contribution in [-0.2, 0) is 0 Å². The van der Waals surface area contributed by atoms with E-state index < -0.39 is 12.7 Å². The number of methoxy groups -OCH3 is 1. The smallest absolute Gasteiger partial charge is 0.401 e. The first kappa shape index (κ1) is 21.5. The van der Waals surface area contributed by atoms with Crippen molar-refractivity contribution in [3.05, 3.63) is 24.3 Å². The van der Waals surface area contributed by atoms with Crippen molar-refractivity contribution in [3.8, 4) is 5.75 Å². The molecule has 1 aromatic rings. The summed E-state index contributed by atoms with van der Waals surface area (Å²) in [7, 11) is 3.43. The maximum Gasteiger partial charge on any atom is 0.401 e. The maximum absolute atomic E-state index is 12.6. The fraction of sp³-hybridized carbons (Fsp3) is 0.650. The van der Waals surface area contributed by atoms with Gasteiger partial charge in [0.1, 0.15) is 5.75 Å². The molecule has 1 N–H and O–H groups in total. The van der Waals surface area contributed by atoms with E-state index in [4.69, 9.17) is 4.74 Å². The van der Waals surface area contributed by atoms with Crippen LogP contribution in [0.3, 0.4) is 0 Å². The lowest BCUT2D eigenvalue weighted by Gasteiger charge is -2.38. The number of hydrogen-bond donors (Lipinski definition) is 1. The molecule has 1 unspecified atom stereocenters. The van der Waals surface area contributed by atoms with E-state index in [0.717, 1.165) is 50.0 Å². The van der Waals surface area contributed by atoms with Crippen LogP contribution in [0.25, 0.3) is 0 Å². The van der Waals surface area contributed by atoms with Crippen molar-refractivity contribution in [3.63, 3.8) is 0 Å². The Labute approximate surface area is 170 Å². The van der Waals surface area contributed by atoms with Gasteiger partial charge in [-0.2, -0.15) is 13.2 Å². The average molecular weight is 413 g/mol. The van der Waals surface area contributed by atoms with Crippen LogP contribution in [0.2, 0.25) is 0 Å². The molecule has 1 atom stereocenters. The third-order valence-corrected chi connectivity index (χ3v) is 5.54. The summed E-state index contributed by atoms with van der Waals surface area (Å²) in [5.41, 5.74) is 1.09. The Morgan fingerprint density at radius 3 is 2.55 bits per heavy atom. The highest BCUT2D eigenvalue weighted by Crippen LogP contribution is 2.28. The van der Waals surface area contributed by atoms with Crippen molar-refractivity contribution in [2.75, 3.05) is 71.4 Å². The van der Waals surface area contributed by atoms with Gasteiger partial charge < -0.3 is 19.9 Å². The molecule has 2 aliphatic heterocycles. The maximum atomic E-state index is 12.6. The van der Waals surface area contributed by atoms with Gasteiger partial charge in [0.25, 0.3) is 0 Å². The monoisotopic (exact) mass is 413 g/mol. The third-order valence-electron chi connectivity index (χ3n) is 5.54. The Kier molecular flexibility index (Phi) is 7.10. The highest BCUT2D eigenvalue weighted by Gasteiger charge is 2.34. The van der Waals surface area contributed by atoms with Crippen molar-refractivity contribution in [1.29, 1.82) is 0 Å². The molecule has 0 aromatic heterocycles. The Bertz CT molecular complexity index is 689. The van der Waals surface area contributed by atoms with Gasteiger partial charge in [0.2, 0.25) is 0 Å². The van der Waals surface area contributed by atoms with Gasteiger partial charge in [0.15, 0.2) is 5.96 Å². The van der Waals surface area contributed by atoms with Gasteiger partial charge in [-0.3, -0.25) is 9.89 Å². The number of piperazine rings is 1. The molecule has 0 aliphatic carbocycles. The number of aliphatic imine (C=N–C) groups is 1. The molecule has 2 heterocycles. The number of anilines is 1. The second-order valence-electron chi connectivity index (χ2n) is 7.58. The predicted molar refractivity (Wildman–Crippen MR) is 109 cm³/mol. The summed E-state index contributed by atoms with van der Waals surface area (Å²) in [4.78, 5) is 10.4. The molecule has 2 fully saturated rings. The largest absolute Gasteiger partial charge is 0.495 e. The van der Waals surface area contributed by atoms with E-state index >= 15 is 0 Å². The van der Waals surface area contributed by atoms with Crippen molar-refractivity contribution in [2.24, 2.45) is 10.9 Å². The van der Waals surface area contributed by atoms with Crippen LogP contribution in [-0.4, -0.2) is 88.5 Å². The molecule has 0 radical (unpaired) electrons. The second kappa shape index (κ2) is 9.56. The number of hydrogen-bond acceptors (Lipinski definition) is 4. The summed E-state index contributed by atoms with van der Waals surface area (Å²) in [5, 5.41) is 3.37. The van der Waals surface area contributed by atoms with Crippen molar-refractivity contribution < 1.29 is 17.9 Å². The second-order valence-corrected chi connectivity index (χ2v) is 7.58. The standard InChI is InChI=1S/C20H30F3N5O/c1-24-19(25-13-16-7-8-26(14-16)15-20(21,22)23)28-11-9-27(10-12-28)17-5-3-4-6-18(17)29-2/h3-6,16H,7-15H2,1-2H3,(H,24,25). The molecule has 3 rings (SSSR count). The minimum atomic E-state index is -4.13. The molecule has 162 valence electrons. The number of rotatable bonds is 5. The molecule has 0 bridgehead atoms. The fourth-order valence-corrected chi connectivity index (χ4v) is 4.09. The van der Waals surface area contributed by atoms with E-state index in [1.165, 1.54) is 4.90 Å². The minimum Gasteiger partial charge on any atom is -0.495 e. The summed E-state index contributed by atoms with van der Waals surface area (Å²) >= 11 is 0. The van der Waals surface area contributed by atoms with Crippen molar-refractivity contribution in [1.82, 2.24) is 15.1 Å². The zero-order chi connectivity index (χ0) is 20.9. The van der Waals surface area contributed by atoms with Crippen LogP contribution in [0.5, 0.6) is 5.75 Å². The Morgan fingerprint density at radius 2 is 1.90 bits per heavy atom. The quantitative estimate of drug-likeness (QED) is 0.593. The Hall–Kier alpha value is -2.16. The fourth-order valence-electron chi connectivity index (χ4n) is 4.09. The lowest BCUT2D eigenvalue weighted by atomic mass is 10.1. The number of nitrogens with one attached hydrogen (secondary N) is 1. The first-order chi connectivity index (χ1) is 13.9. The zero-order valence-electron chi connectivity index (χ0n) is 17.1. The van der Waals surface area contributed by atoms with Crippen LogP contribution in [0.15, 0.2) is 29.3 Å². The first-order valence-electron chi connectivity index (χ1n) is 10.0. The Balaban J connectivity index is 1.46. The van der Waals surface area contributed by atoms with E-state index in [-0.39, 0.29) is 5.92 Å². The normalized spacial score (nSPS) is 21.6. The first-order valence-corrected chi connectivity index (χ1v) is 10.0. The molecule has 2 aliphatic rings. The van der Waals surface area contributed by atoms with Gasteiger partial charge in [-0.1, -0.05) is 12.1 Å². The number of guanidine groups is 1. The molecule has 1 aromatic carbocycles. The number of benzene rings is 1. The van der Waals surface area contributed by atoms with Crippen LogP contribution in [0.1, 0.15) is 6.42 Å². The topological polar surface area (TPSA) is 43.3 Å². The minimum absolute atomic E-state index is 0.212. The molecule has 9 heteroatoms. The lowest BCUT2D eigenvalue weighted by Crippen LogP contribution is -2.53. The zero-order valence-corrected chi connectivity index (χ0v) is 17.1. The van der Waals surface area contributed by atoms with Gasteiger partial charge in [-0.25, -0.2) is 0 Å². The molecule has 0 spiro atoms. The lowest BCUT2D eigenvalue weighted by molar-refractivity contribution is -0.143. The van der Waals surface area contributed by atoms with Gasteiger partial charge in [0.05, 0.1) is 19.3 Å². The highest BCUT2D eigenvalue weighted by molar-refractivity contribution is 5.80. The van der Waals surface area contributed by atoms with Gasteiger partial charge in [-0.05, 0) is 31.0 Å². The Morgan fingerprint density at radius 1 is 1.17 bits per heavy atom. The van der Waals surface area contributed by atoms with Gasteiger partial charge >= 0.3 is 6.18 Å². The average Bonchev–Trinajstić information content (AvgIpc) is 3.14. The number of ether oxygens (including phenoxy) is 1. The predicted octanol–water partition coefficient (Wildman–Crippen LogP) is 2.28. The molecular formula is C20H30F3N5O. The highest BCUT2D eigenvalue weighted by atomic mass is 19.4.